The van der Waals surface area contributed by atoms with Gasteiger partial charge in [0.1, 0.15) is 0 Å². The lowest BCUT2D eigenvalue weighted by atomic mass is 10.3. The molecule has 0 unspecified atom stereocenters. The van der Waals surface area contributed by atoms with Gasteiger partial charge in [-0.3, -0.25) is 9.79 Å². The third-order valence-corrected chi connectivity index (χ3v) is 7.39. The van der Waals surface area contributed by atoms with Gasteiger partial charge in [-0.25, -0.2) is 8.42 Å². The molecule has 0 aliphatic carbocycles. The fourth-order valence-corrected chi connectivity index (χ4v) is 5.27. The minimum Gasteiger partial charge on any atom is -0.493 e. The standard InChI is InChI=1S/C17H24N4O5S2/c1-25-14-4-3-13(11-15(14)26-2)28(23,24)21-9-7-20(8-10-21)16(22)12-27-17-18-5-6-19-17/h3-4,11H,5-10,12H2,1-2H3,(H,18,19). The van der Waals surface area contributed by atoms with E-state index in [1.807, 2.05) is 0 Å². The molecule has 0 bridgehead atoms. The Morgan fingerprint density at radius 3 is 2.50 bits per heavy atom. The summed E-state index contributed by atoms with van der Waals surface area (Å²) in [7, 11) is -0.711. The van der Waals surface area contributed by atoms with Gasteiger partial charge in [-0.1, -0.05) is 11.8 Å². The highest BCUT2D eigenvalue weighted by molar-refractivity contribution is 8.14. The normalized spacial score (nSPS) is 17.8. The molecule has 1 amide bonds. The Morgan fingerprint density at radius 1 is 1.18 bits per heavy atom. The van der Waals surface area contributed by atoms with E-state index in [2.05, 4.69) is 10.3 Å². The van der Waals surface area contributed by atoms with Crippen molar-refractivity contribution in [3.05, 3.63) is 18.2 Å². The molecule has 0 spiro atoms. The number of hydrogen-bond acceptors (Lipinski definition) is 8. The van der Waals surface area contributed by atoms with E-state index < -0.39 is 10.0 Å². The molecule has 0 saturated carbocycles. The van der Waals surface area contributed by atoms with E-state index >= 15 is 0 Å². The molecule has 1 N–H and O–H groups in total. The average Bonchev–Trinajstić information content (AvgIpc) is 3.25. The fourth-order valence-electron chi connectivity index (χ4n) is 3.00. The molecule has 0 radical (unpaired) electrons. The van der Waals surface area contributed by atoms with E-state index in [1.165, 1.54) is 42.4 Å². The third-order valence-electron chi connectivity index (χ3n) is 4.56. The summed E-state index contributed by atoms with van der Waals surface area (Å²) in [6, 6.07) is 4.53. The topological polar surface area (TPSA) is 101 Å². The van der Waals surface area contributed by atoms with Crippen molar-refractivity contribution in [3.63, 3.8) is 0 Å². The number of nitrogens with zero attached hydrogens (tertiary/aromatic N) is 3. The molecule has 0 aromatic heterocycles. The molecule has 1 saturated heterocycles. The van der Waals surface area contributed by atoms with Crippen LogP contribution in [0.3, 0.4) is 0 Å². The number of carbonyl (C=O) groups excluding carboxylic acids is 1. The summed E-state index contributed by atoms with van der Waals surface area (Å²) in [5.41, 5.74) is 0. The van der Waals surface area contributed by atoms with Crippen molar-refractivity contribution < 1.29 is 22.7 Å². The Balaban J connectivity index is 1.59. The predicted molar refractivity (Wildman–Crippen MR) is 108 cm³/mol. The summed E-state index contributed by atoms with van der Waals surface area (Å²) in [5, 5.41) is 3.91. The Bertz CT molecular complexity index is 851. The Hall–Kier alpha value is -1.98. The van der Waals surface area contributed by atoms with Crippen LogP contribution in [0.1, 0.15) is 0 Å². The number of sulfonamides is 1. The van der Waals surface area contributed by atoms with Gasteiger partial charge < -0.3 is 19.7 Å². The second-order valence-corrected chi connectivity index (χ2v) is 9.11. The van der Waals surface area contributed by atoms with Crippen molar-refractivity contribution in [2.75, 3.05) is 59.2 Å². The number of rotatable bonds is 6. The summed E-state index contributed by atoms with van der Waals surface area (Å²) < 4.78 is 37.6. The van der Waals surface area contributed by atoms with Crippen LogP contribution in [0.15, 0.2) is 28.1 Å². The molecule has 154 valence electrons. The van der Waals surface area contributed by atoms with Gasteiger partial charge in [-0.2, -0.15) is 4.31 Å². The van der Waals surface area contributed by atoms with Gasteiger partial charge in [0.15, 0.2) is 16.7 Å². The van der Waals surface area contributed by atoms with Crippen LogP contribution in [-0.4, -0.2) is 87.9 Å². The number of carbonyl (C=O) groups is 1. The highest BCUT2D eigenvalue weighted by atomic mass is 32.2. The zero-order chi connectivity index (χ0) is 20.1. The first kappa shape index (κ1) is 20.7. The lowest BCUT2D eigenvalue weighted by molar-refractivity contribution is -0.129. The number of nitrogens with one attached hydrogen (secondary N) is 1. The molecule has 9 nitrogen and oxygen atoms in total. The smallest absolute Gasteiger partial charge is 0.243 e. The Kier molecular flexibility index (Phi) is 6.68. The highest BCUT2D eigenvalue weighted by Gasteiger charge is 2.30. The highest BCUT2D eigenvalue weighted by Crippen LogP contribution is 2.30. The maximum Gasteiger partial charge on any atom is 0.243 e. The number of amidine groups is 1. The van der Waals surface area contributed by atoms with Crippen LogP contribution in [0.25, 0.3) is 0 Å². The molecule has 1 aromatic carbocycles. The van der Waals surface area contributed by atoms with Crippen LogP contribution >= 0.6 is 11.8 Å². The molecule has 2 aliphatic rings. The largest absolute Gasteiger partial charge is 0.493 e. The molecule has 0 atom stereocenters. The van der Waals surface area contributed by atoms with E-state index in [0.717, 1.165) is 18.3 Å². The van der Waals surface area contributed by atoms with Crippen molar-refractivity contribution >= 4 is 32.9 Å². The van der Waals surface area contributed by atoms with Crippen molar-refractivity contribution in [1.82, 2.24) is 14.5 Å². The summed E-state index contributed by atoms with van der Waals surface area (Å²) in [6.45, 7) is 2.79. The molecule has 3 rings (SSSR count). The zero-order valence-electron chi connectivity index (χ0n) is 15.9. The van der Waals surface area contributed by atoms with Crippen LogP contribution in [0.4, 0.5) is 0 Å². The van der Waals surface area contributed by atoms with E-state index in [4.69, 9.17) is 9.47 Å². The second-order valence-electron chi connectivity index (χ2n) is 6.20. The first-order valence-corrected chi connectivity index (χ1v) is 11.3. The second kappa shape index (κ2) is 9.01. The van der Waals surface area contributed by atoms with Crippen LogP contribution in [0, 0.1) is 0 Å². The quantitative estimate of drug-likeness (QED) is 0.692. The number of benzene rings is 1. The van der Waals surface area contributed by atoms with Crippen molar-refractivity contribution in [2.45, 2.75) is 4.90 Å². The summed E-state index contributed by atoms with van der Waals surface area (Å²) in [4.78, 5) is 18.4. The molecule has 11 heteroatoms. The number of hydrogen-bond donors (Lipinski definition) is 1. The minimum atomic E-state index is -3.67. The maximum absolute atomic E-state index is 12.9. The average molecular weight is 429 g/mol. The Labute approximate surface area is 169 Å². The molecular weight excluding hydrogens is 404 g/mol. The van der Waals surface area contributed by atoms with Crippen LogP contribution in [0.2, 0.25) is 0 Å². The van der Waals surface area contributed by atoms with E-state index in [-0.39, 0.29) is 23.9 Å². The van der Waals surface area contributed by atoms with E-state index in [1.54, 1.807) is 11.0 Å². The number of amides is 1. The molecular formula is C17H24N4O5S2. The lowest BCUT2D eigenvalue weighted by Crippen LogP contribution is -2.51. The Morgan fingerprint density at radius 2 is 1.89 bits per heavy atom. The fraction of sp³-hybridized carbons (Fsp3) is 0.529. The molecule has 28 heavy (non-hydrogen) atoms. The van der Waals surface area contributed by atoms with Crippen LogP contribution in [-0.2, 0) is 14.8 Å². The minimum absolute atomic E-state index is 0.00966. The van der Waals surface area contributed by atoms with Gasteiger partial charge in [-0.05, 0) is 12.1 Å². The lowest BCUT2D eigenvalue weighted by Gasteiger charge is -2.34. The number of methoxy groups -OCH3 is 2. The van der Waals surface area contributed by atoms with Gasteiger partial charge in [0.05, 0.1) is 31.4 Å². The monoisotopic (exact) mass is 428 g/mol. The van der Waals surface area contributed by atoms with Gasteiger partial charge in [0.25, 0.3) is 0 Å². The van der Waals surface area contributed by atoms with Gasteiger partial charge >= 0.3 is 0 Å². The molecule has 2 heterocycles. The predicted octanol–water partition coefficient (Wildman–Crippen LogP) is 0.229. The number of piperazine rings is 1. The van der Waals surface area contributed by atoms with E-state index in [9.17, 15) is 13.2 Å². The summed E-state index contributed by atoms with van der Waals surface area (Å²) in [6.07, 6.45) is 0. The number of thioether (sulfide) groups is 1. The number of ether oxygens (including phenoxy) is 2. The molecule has 2 aliphatic heterocycles. The molecule has 1 aromatic rings. The number of aliphatic imine (C=N–C) groups is 1. The summed E-state index contributed by atoms with van der Waals surface area (Å²) in [5.74, 6) is 1.12. The zero-order valence-corrected chi connectivity index (χ0v) is 17.5. The van der Waals surface area contributed by atoms with Crippen molar-refractivity contribution in [1.29, 1.82) is 0 Å². The third kappa shape index (κ3) is 4.53. The van der Waals surface area contributed by atoms with Crippen LogP contribution in [0.5, 0.6) is 11.5 Å². The SMILES string of the molecule is COc1ccc(S(=O)(=O)N2CCN(C(=O)CSC3=NCCN3)CC2)cc1OC. The maximum atomic E-state index is 12.9. The first-order chi connectivity index (χ1) is 13.5. The van der Waals surface area contributed by atoms with Gasteiger partial charge in [0, 0.05) is 38.8 Å². The van der Waals surface area contributed by atoms with Crippen molar-refractivity contribution in [3.8, 4) is 11.5 Å². The van der Waals surface area contributed by atoms with Crippen molar-refractivity contribution in [2.24, 2.45) is 4.99 Å². The van der Waals surface area contributed by atoms with Gasteiger partial charge in [-0.15, -0.1) is 0 Å². The van der Waals surface area contributed by atoms with Crippen LogP contribution < -0.4 is 14.8 Å². The van der Waals surface area contributed by atoms with E-state index in [0.29, 0.717) is 30.3 Å². The van der Waals surface area contributed by atoms with Gasteiger partial charge in [0.2, 0.25) is 15.9 Å². The first-order valence-electron chi connectivity index (χ1n) is 8.87. The molecule has 1 fully saturated rings. The summed E-state index contributed by atoms with van der Waals surface area (Å²) >= 11 is 1.39.